The van der Waals surface area contributed by atoms with Gasteiger partial charge in [0.2, 0.25) is 0 Å². The summed E-state index contributed by atoms with van der Waals surface area (Å²) in [5.74, 6) is 1.46. The Labute approximate surface area is 399 Å². The number of hydrogen-bond acceptors (Lipinski definition) is 4. The second kappa shape index (κ2) is 16.5. The van der Waals surface area contributed by atoms with Crippen LogP contribution in [0, 0.1) is 0 Å². The summed E-state index contributed by atoms with van der Waals surface area (Å²) in [5.41, 5.74) is 11.2. The van der Waals surface area contributed by atoms with Gasteiger partial charge in [0.05, 0.1) is 18.6 Å². The number of fused-ring (bicyclic) bond motifs is 9. The molecule has 1 aliphatic carbocycles. The third-order valence-corrected chi connectivity index (χ3v) is 14.5. The van der Waals surface area contributed by atoms with Crippen LogP contribution in [0.2, 0.25) is 0 Å². The lowest BCUT2D eigenvalue weighted by molar-refractivity contribution is 0.201. The van der Waals surface area contributed by atoms with Gasteiger partial charge >= 0.3 is 0 Å². The van der Waals surface area contributed by atoms with E-state index < -0.39 is 5.41 Å². The van der Waals surface area contributed by atoms with Gasteiger partial charge in [0.1, 0.15) is 24.7 Å². The standard InChI is InChI=1S/C65H46O4/c66-29-31-68-53-25-19-41-35-51(23-17-43(41)37-53)65(52-24-18-44-38-54(69-32-30-67)26-20-42(44)36-52)61-27-21-49(63-55-13-5-1-9-45(55)33-46-10-2-6-14-56(46)63)39-59(61)60-40-50(22-28-62(60)65)64-57-15-7-3-11-47(57)34-48-12-4-8-16-58(48)64/h1-28,33-40,66-67H,29-32H2. The highest BCUT2D eigenvalue weighted by Gasteiger charge is 2.47. The second-order valence-electron chi connectivity index (χ2n) is 18.3. The molecule has 4 heteroatoms. The lowest BCUT2D eigenvalue weighted by Gasteiger charge is -2.34. The average Bonchev–Trinajstić information content (AvgIpc) is 3.69. The smallest absolute Gasteiger partial charge is 0.120 e. The Kier molecular flexibility index (Phi) is 9.79. The molecular weight excluding hydrogens is 845 g/mol. The molecule has 330 valence electrons. The van der Waals surface area contributed by atoms with Crippen LogP contribution in [0.1, 0.15) is 22.3 Å². The van der Waals surface area contributed by atoms with Gasteiger partial charge in [-0.05, 0) is 181 Å². The van der Waals surface area contributed by atoms with Crippen LogP contribution >= 0.6 is 0 Å². The van der Waals surface area contributed by atoms with Gasteiger partial charge in [-0.15, -0.1) is 0 Å². The highest BCUT2D eigenvalue weighted by molar-refractivity contribution is 6.15. The van der Waals surface area contributed by atoms with E-state index in [-0.39, 0.29) is 26.4 Å². The molecule has 2 N–H and O–H groups in total. The second-order valence-corrected chi connectivity index (χ2v) is 18.3. The SMILES string of the molecule is OCCOc1ccc2cc(C3(c4ccc5cc(OCCO)ccc5c4)c4ccc(-c5c6ccccc6cc6ccccc56)cc4-c4cc(-c5c6ccccc6cc6ccccc56)ccc43)ccc2c1. The van der Waals surface area contributed by atoms with Gasteiger partial charge in [-0.3, -0.25) is 0 Å². The lowest BCUT2D eigenvalue weighted by Crippen LogP contribution is -2.28. The van der Waals surface area contributed by atoms with E-state index in [0.29, 0.717) is 0 Å². The fourth-order valence-corrected chi connectivity index (χ4v) is 11.5. The van der Waals surface area contributed by atoms with Gasteiger partial charge in [0.15, 0.2) is 0 Å². The summed E-state index contributed by atoms with van der Waals surface area (Å²) in [6.45, 7) is 0.394. The summed E-state index contributed by atoms with van der Waals surface area (Å²) < 4.78 is 11.8. The average molecular weight is 891 g/mol. The largest absolute Gasteiger partial charge is 0.491 e. The first kappa shape index (κ1) is 41.0. The van der Waals surface area contributed by atoms with Crippen molar-refractivity contribution >= 4 is 64.6 Å². The maximum atomic E-state index is 9.52. The Balaban J connectivity index is 1.13. The topological polar surface area (TPSA) is 58.9 Å². The number of benzene rings is 12. The van der Waals surface area contributed by atoms with Crippen LogP contribution in [0.15, 0.2) is 218 Å². The zero-order valence-corrected chi connectivity index (χ0v) is 37.8. The fourth-order valence-electron chi connectivity index (χ4n) is 11.5. The molecule has 0 aromatic heterocycles. The van der Waals surface area contributed by atoms with E-state index >= 15 is 0 Å². The van der Waals surface area contributed by atoms with Crippen molar-refractivity contribution in [1.29, 1.82) is 0 Å². The van der Waals surface area contributed by atoms with Crippen molar-refractivity contribution in [3.63, 3.8) is 0 Å². The van der Waals surface area contributed by atoms with E-state index in [1.54, 1.807) is 0 Å². The summed E-state index contributed by atoms with van der Waals surface area (Å²) in [7, 11) is 0. The third-order valence-electron chi connectivity index (χ3n) is 14.5. The molecule has 0 fully saturated rings. The van der Waals surface area contributed by atoms with Crippen molar-refractivity contribution in [2.24, 2.45) is 0 Å². The van der Waals surface area contributed by atoms with Crippen molar-refractivity contribution in [1.82, 2.24) is 0 Å². The third kappa shape index (κ3) is 6.59. The molecule has 0 bridgehead atoms. The minimum absolute atomic E-state index is 0.0437. The molecule has 0 saturated heterocycles. The lowest BCUT2D eigenvalue weighted by atomic mass is 9.67. The molecule has 0 spiro atoms. The fraction of sp³-hybridized carbons (Fsp3) is 0.0769. The number of rotatable bonds is 10. The summed E-state index contributed by atoms with van der Waals surface area (Å²) in [5, 5.41) is 33.1. The van der Waals surface area contributed by atoms with Gasteiger partial charge in [-0.2, -0.15) is 0 Å². The van der Waals surface area contributed by atoms with Gasteiger partial charge in [0, 0.05) is 0 Å². The molecule has 0 aliphatic heterocycles. The number of ether oxygens (including phenoxy) is 2. The minimum atomic E-state index is -0.732. The number of aliphatic hydroxyl groups excluding tert-OH is 2. The first-order valence-corrected chi connectivity index (χ1v) is 23.8. The van der Waals surface area contributed by atoms with E-state index in [1.165, 1.54) is 87.6 Å². The zero-order chi connectivity index (χ0) is 46.1. The van der Waals surface area contributed by atoms with Crippen LogP contribution < -0.4 is 9.47 Å². The van der Waals surface area contributed by atoms with E-state index in [4.69, 9.17) is 9.47 Å². The summed E-state index contributed by atoms with van der Waals surface area (Å²) >= 11 is 0. The molecule has 12 aromatic rings. The number of hydrogen-bond donors (Lipinski definition) is 2. The van der Waals surface area contributed by atoms with E-state index in [0.717, 1.165) is 44.2 Å². The first-order valence-electron chi connectivity index (χ1n) is 23.8. The van der Waals surface area contributed by atoms with Gasteiger partial charge in [-0.1, -0.05) is 158 Å². The van der Waals surface area contributed by atoms with Crippen molar-refractivity contribution in [3.8, 4) is 44.9 Å². The molecule has 69 heavy (non-hydrogen) atoms. The Morgan fingerprint density at radius 3 is 1.07 bits per heavy atom. The van der Waals surface area contributed by atoms with Gasteiger partial charge in [0.25, 0.3) is 0 Å². The first-order chi connectivity index (χ1) is 34.1. The molecule has 0 atom stereocenters. The van der Waals surface area contributed by atoms with E-state index in [1.807, 2.05) is 12.1 Å². The van der Waals surface area contributed by atoms with Gasteiger partial charge < -0.3 is 19.7 Å². The monoisotopic (exact) mass is 890 g/mol. The Hall–Kier alpha value is -8.28. The molecule has 0 unspecified atom stereocenters. The molecule has 0 heterocycles. The van der Waals surface area contributed by atoms with Gasteiger partial charge in [-0.25, -0.2) is 0 Å². The van der Waals surface area contributed by atoms with Crippen LogP contribution in [-0.4, -0.2) is 36.6 Å². The Bertz CT molecular complexity index is 3650. The molecule has 13 rings (SSSR count). The predicted octanol–water partition coefficient (Wildman–Crippen LogP) is 15.0. The van der Waals surface area contributed by atoms with Crippen molar-refractivity contribution in [2.75, 3.05) is 26.4 Å². The Morgan fingerprint density at radius 1 is 0.319 bits per heavy atom. The highest BCUT2D eigenvalue weighted by atomic mass is 16.5. The van der Waals surface area contributed by atoms with Crippen molar-refractivity contribution in [2.45, 2.75) is 5.41 Å². The molecule has 1 aliphatic rings. The van der Waals surface area contributed by atoms with Crippen LogP contribution in [0.5, 0.6) is 11.5 Å². The Morgan fingerprint density at radius 2 is 0.681 bits per heavy atom. The predicted molar refractivity (Wildman–Crippen MR) is 285 cm³/mol. The summed E-state index contributed by atoms with van der Waals surface area (Å²) in [6.07, 6.45) is 0. The normalized spacial score (nSPS) is 12.8. The maximum Gasteiger partial charge on any atom is 0.120 e. The molecular formula is C65H46O4. The molecule has 0 radical (unpaired) electrons. The zero-order valence-electron chi connectivity index (χ0n) is 37.8. The maximum absolute atomic E-state index is 9.52. The van der Waals surface area contributed by atoms with E-state index in [9.17, 15) is 10.2 Å². The molecule has 0 saturated carbocycles. The van der Waals surface area contributed by atoms with Crippen molar-refractivity contribution in [3.05, 3.63) is 241 Å². The van der Waals surface area contributed by atoms with Crippen LogP contribution in [0.4, 0.5) is 0 Å². The van der Waals surface area contributed by atoms with Crippen LogP contribution in [-0.2, 0) is 5.41 Å². The molecule has 0 amide bonds. The molecule has 4 nitrogen and oxygen atoms in total. The van der Waals surface area contributed by atoms with Crippen LogP contribution in [0.25, 0.3) is 98.0 Å². The summed E-state index contributed by atoms with van der Waals surface area (Å²) in [6, 6.07) is 80.3. The quantitative estimate of drug-likeness (QED) is 0.134. The van der Waals surface area contributed by atoms with Crippen LogP contribution in [0.3, 0.4) is 0 Å². The van der Waals surface area contributed by atoms with Crippen molar-refractivity contribution < 1.29 is 19.7 Å². The van der Waals surface area contributed by atoms with E-state index in [2.05, 4.69) is 206 Å². The minimum Gasteiger partial charge on any atom is -0.491 e. The molecule has 12 aromatic carbocycles. The number of aliphatic hydroxyl groups is 2. The highest BCUT2D eigenvalue weighted by Crippen LogP contribution is 2.59. The summed E-state index contributed by atoms with van der Waals surface area (Å²) in [4.78, 5) is 0.